The van der Waals surface area contributed by atoms with E-state index >= 15 is 0 Å². The molecule has 4 heteroatoms. The molecule has 0 spiro atoms. The number of likely N-dealkylation sites (N-methyl/N-ethyl adjacent to an activating group) is 1. The van der Waals surface area contributed by atoms with Gasteiger partial charge >= 0.3 is 0 Å². The minimum absolute atomic E-state index is 0.839. The molecule has 0 radical (unpaired) electrons. The fourth-order valence-electron chi connectivity index (χ4n) is 1.94. The molecule has 2 rings (SSSR count). The van der Waals surface area contributed by atoms with E-state index in [-0.39, 0.29) is 0 Å². The minimum atomic E-state index is 0.839. The Morgan fingerprint density at radius 3 is 2.67 bits per heavy atom. The molecular weight excluding hydrogens is 224 g/mol. The lowest BCUT2D eigenvalue weighted by Crippen LogP contribution is -2.12. The van der Waals surface area contributed by atoms with Crippen molar-refractivity contribution in [3.63, 3.8) is 0 Å². The molecule has 18 heavy (non-hydrogen) atoms. The number of aromatic nitrogens is 2. The normalized spacial score (nSPS) is 10.6. The Hall–Kier alpha value is -1.81. The van der Waals surface area contributed by atoms with E-state index in [1.54, 1.807) is 4.68 Å². The molecule has 0 amide bonds. The standard InChI is InChI=1S/C14H20N4/c1-15-8-7-12-5-3-4-6-13(12)9-16-14-10-17-18(2)11-14/h3-6,10-11,15-16H,7-9H2,1-2H3. The molecule has 0 fully saturated rings. The molecule has 0 unspecified atom stereocenters. The summed E-state index contributed by atoms with van der Waals surface area (Å²) in [5.74, 6) is 0. The molecule has 0 aliphatic heterocycles. The highest BCUT2D eigenvalue weighted by Crippen LogP contribution is 2.12. The van der Waals surface area contributed by atoms with Gasteiger partial charge in [0.15, 0.2) is 0 Å². The summed E-state index contributed by atoms with van der Waals surface area (Å²) in [4.78, 5) is 0. The summed E-state index contributed by atoms with van der Waals surface area (Å²) in [6.07, 6.45) is 4.88. The topological polar surface area (TPSA) is 41.9 Å². The van der Waals surface area contributed by atoms with Crippen LogP contribution in [-0.2, 0) is 20.0 Å². The Kier molecular flexibility index (Phi) is 4.36. The van der Waals surface area contributed by atoms with Gasteiger partial charge in [0.05, 0.1) is 11.9 Å². The lowest BCUT2D eigenvalue weighted by atomic mass is 10.0. The molecule has 1 aromatic carbocycles. The van der Waals surface area contributed by atoms with Crippen molar-refractivity contribution in [1.82, 2.24) is 15.1 Å². The second kappa shape index (κ2) is 6.21. The van der Waals surface area contributed by atoms with Crippen LogP contribution in [0.4, 0.5) is 5.69 Å². The largest absolute Gasteiger partial charge is 0.378 e. The zero-order chi connectivity index (χ0) is 12.8. The van der Waals surface area contributed by atoms with Gasteiger partial charge in [0, 0.05) is 19.8 Å². The Morgan fingerprint density at radius 1 is 1.22 bits per heavy atom. The molecule has 96 valence electrons. The van der Waals surface area contributed by atoms with E-state index < -0.39 is 0 Å². The minimum Gasteiger partial charge on any atom is -0.378 e. The monoisotopic (exact) mass is 244 g/mol. The number of aryl methyl sites for hydroxylation is 1. The number of anilines is 1. The van der Waals surface area contributed by atoms with Gasteiger partial charge in [-0.25, -0.2) is 0 Å². The van der Waals surface area contributed by atoms with Crippen LogP contribution in [-0.4, -0.2) is 23.4 Å². The summed E-state index contributed by atoms with van der Waals surface area (Å²) in [7, 11) is 3.91. The number of nitrogens with zero attached hydrogens (tertiary/aromatic N) is 2. The Morgan fingerprint density at radius 2 is 2.00 bits per heavy atom. The van der Waals surface area contributed by atoms with Crippen LogP contribution in [0.3, 0.4) is 0 Å². The third-order valence-electron chi connectivity index (χ3n) is 2.95. The molecule has 0 aliphatic rings. The van der Waals surface area contributed by atoms with Crippen LogP contribution in [0.1, 0.15) is 11.1 Å². The fourth-order valence-corrected chi connectivity index (χ4v) is 1.94. The molecule has 0 bridgehead atoms. The summed E-state index contributed by atoms with van der Waals surface area (Å²) < 4.78 is 1.80. The molecule has 1 heterocycles. The first-order chi connectivity index (χ1) is 8.79. The van der Waals surface area contributed by atoms with Gasteiger partial charge in [-0.2, -0.15) is 5.10 Å². The van der Waals surface area contributed by atoms with Gasteiger partial charge in [0.25, 0.3) is 0 Å². The summed E-state index contributed by atoms with van der Waals surface area (Å²) in [6.45, 7) is 1.84. The van der Waals surface area contributed by atoms with Gasteiger partial charge < -0.3 is 10.6 Å². The van der Waals surface area contributed by atoms with E-state index in [0.29, 0.717) is 0 Å². The smallest absolute Gasteiger partial charge is 0.0729 e. The molecule has 0 atom stereocenters. The van der Waals surface area contributed by atoms with Crippen LogP contribution in [0.2, 0.25) is 0 Å². The fraction of sp³-hybridized carbons (Fsp3) is 0.357. The predicted molar refractivity (Wildman–Crippen MR) is 74.6 cm³/mol. The van der Waals surface area contributed by atoms with Crippen LogP contribution in [0.15, 0.2) is 36.7 Å². The van der Waals surface area contributed by atoms with E-state index in [4.69, 9.17) is 0 Å². The SMILES string of the molecule is CNCCc1ccccc1CNc1cnn(C)c1. The van der Waals surface area contributed by atoms with Gasteiger partial charge in [-0.1, -0.05) is 24.3 Å². The van der Waals surface area contributed by atoms with Crippen molar-refractivity contribution in [2.24, 2.45) is 7.05 Å². The lowest BCUT2D eigenvalue weighted by Gasteiger charge is -2.10. The maximum absolute atomic E-state index is 4.15. The second-order valence-corrected chi connectivity index (χ2v) is 4.38. The summed E-state index contributed by atoms with van der Waals surface area (Å²) in [6, 6.07) is 8.55. The Bertz CT molecular complexity index is 490. The van der Waals surface area contributed by atoms with Gasteiger partial charge in [-0.15, -0.1) is 0 Å². The molecule has 0 aliphatic carbocycles. The number of hydrogen-bond acceptors (Lipinski definition) is 3. The maximum Gasteiger partial charge on any atom is 0.0729 e. The van der Waals surface area contributed by atoms with Crippen LogP contribution < -0.4 is 10.6 Å². The molecule has 0 saturated carbocycles. The molecule has 2 N–H and O–H groups in total. The molecule has 0 saturated heterocycles. The van der Waals surface area contributed by atoms with E-state index in [1.807, 2.05) is 26.5 Å². The van der Waals surface area contributed by atoms with E-state index in [1.165, 1.54) is 11.1 Å². The van der Waals surface area contributed by atoms with Crippen molar-refractivity contribution in [2.75, 3.05) is 18.9 Å². The first kappa shape index (κ1) is 12.6. The molecular formula is C14H20N4. The van der Waals surface area contributed by atoms with Gasteiger partial charge in [-0.05, 0) is 31.1 Å². The van der Waals surface area contributed by atoms with Gasteiger partial charge in [-0.3, -0.25) is 4.68 Å². The first-order valence-electron chi connectivity index (χ1n) is 6.23. The number of benzene rings is 1. The van der Waals surface area contributed by atoms with Crippen molar-refractivity contribution < 1.29 is 0 Å². The van der Waals surface area contributed by atoms with Crippen molar-refractivity contribution >= 4 is 5.69 Å². The highest BCUT2D eigenvalue weighted by Gasteiger charge is 2.02. The van der Waals surface area contributed by atoms with E-state index in [2.05, 4.69) is 40.0 Å². The van der Waals surface area contributed by atoms with Gasteiger partial charge in [0.1, 0.15) is 0 Å². The number of hydrogen-bond donors (Lipinski definition) is 2. The zero-order valence-electron chi connectivity index (χ0n) is 11.0. The molecule has 4 nitrogen and oxygen atoms in total. The zero-order valence-corrected chi connectivity index (χ0v) is 11.0. The highest BCUT2D eigenvalue weighted by atomic mass is 15.3. The second-order valence-electron chi connectivity index (χ2n) is 4.38. The average molecular weight is 244 g/mol. The quantitative estimate of drug-likeness (QED) is 0.814. The Balaban J connectivity index is 1.99. The van der Waals surface area contributed by atoms with Crippen LogP contribution in [0.5, 0.6) is 0 Å². The third kappa shape index (κ3) is 3.34. The van der Waals surface area contributed by atoms with Crippen molar-refractivity contribution in [3.8, 4) is 0 Å². The van der Waals surface area contributed by atoms with Gasteiger partial charge in [0.2, 0.25) is 0 Å². The third-order valence-corrected chi connectivity index (χ3v) is 2.95. The lowest BCUT2D eigenvalue weighted by molar-refractivity contribution is 0.768. The number of nitrogens with one attached hydrogen (secondary N) is 2. The summed E-state index contributed by atoms with van der Waals surface area (Å²) in [5, 5.41) is 10.7. The maximum atomic E-state index is 4.15. The highest BCUT2D eigenvalue weighted by molar-refractivity contribution is 5.40. The predicted octanol–water partition coefficient (Wildman–Crippen LogP) is 1.79. The summed E-state index contributed by atoms with van der Waals surface area (Å²) >= 11 is 0. The Labute approximate surface area is 108 Å². The van der Waals surface area contributed by atoms with E-state index in [9.17, 15) is 0 Å². The first-order valence-corrected chi connectivity index (χ1v) is 6.23. The van der Waals surface area contributed by atoms with Crippen molar-refractivity contribution in [3.05, 3.63) is 47.8 Å². The molecule has 2 aromatic rings. The van der Waals surface area contributed by atoms with Crippen molar-refractivity contribution in [2.45, 2.75) is 13.0 Å². The van der Waals surface area contributed by atoms with E-state index in [0.717, 1.165) is 25.2 Å². The summed E-state index contributed by atoms with van der Waals surface area (Å²) in [5.41, 5.74) is 3.79. The average Bonchev–Trinajstić information content (AvgIpc) is 2.81. The van der Waals surface area contributed by atoms with Crippen molar-refractivity contribution in [1.29, 1.82) is 0 Å². The van der Waals surface area contributed by atoms with Crippen LogP contribution in [0.25, 0.3) is 0 Å². The van der Waals surface area contributed by atoms with Crippen LogP contribution in [0, 0.1) is 0 Å². The van der Waals surface area contributed by atoms with Crippen LogP contribution >= 0.6 is 0 Å². The molecule has 1 aromatic heterocycles. The number of rotatable bonds is 6.